The van der Waals surface area contributed by atoms with Crippen molar-refractivity contribution < 1.29 is 13.9 Å². The number of benzene rings is 2. The summed E-state index contributed by atoms with van der Waals surface area (Å²) in [6.07, 6.45) is -0.443. The lowest BCUT2D eigenvalue weighted by Gasteiger charge is -2.19. The van der Waals surface area contributed by atoms with Gasteiger partial charge in [0.05, 0.1) is 6.61 Å². The SMILES string of the molecule is CC(Oc1ccccc1F)c1nnc(SCCOc2ccc(Cl)cc2)n1C(C)C. The quantitative estimate of drug-likeness (QED) is 0.306. The Morgan fingerprint density at radius 1 is 1.07 bits per heavy atom. The molecule has 5 nitrogen and oxygen atoms in total. The molecule has 1 aromatic heterocycles. The maximum Gasteiger partial charge on any atom is 0.191 e. The number of hydrogen-bond acceptors (Lipinski definition) is 5. The number of halogens is 2. The van der Waals surface area contributed by atoms with E-state index in [1.54, 1.807) is 42.1 Å². The molecule has 0 aliphatic rings. The van der Waals surface area contributed by atoms with Crippen molar-refractivity contribution in [1.29, 1.82) is 0 Å². The number of hydrogen-bond donors (Lipinski definition) is 0. The van der Waals surface area contributed by atoms with Gasteiger partial charge < -0.3 is 14.0 Å². The van der Waals surface area contributed by atoms with Crippen molar-refractivity contribution in [3.63, 3.8) is 0 Å². The fourth-order valence-corrected chi connectivity index (χ4v) is 3.77. The summed E-state index contributed by atoms with van der Waals surface area (Å²) in [6, 6.07) is 13.7. The van der Waals surface area contributed by atoms with Crippen LogP contribution >= 0.6 is 23.4 Å². The molecule has 1 heterocycles. The van der Waals surface area contributed by atoms with Gasteiger partial charge in [0.25, 0.3) is 0 Å². The fraction of sp³-hybridized carbons (Fsp3) is 0.333. The number of aromatic nitrogens is 3. The second-order valence-electron chi connectivity index (χ2n) is 6.65. The molecule has 1 unspecified atom stereocenters. The summed E-state index contributed by atoms with van der Waals surface area (Å²) in [6.45, 7) is 6.47. The van der Waals surface area contributed by atoms with Gasteiger partial charge in [-0.3, -0.25) is 0 Å². The molecule has 0 bridgehead atoms. The predicted molar refractivity (Wildman–Crippen MR) is 114 cm³/mol. The molecule has 3 rings (SSSR count). The van der Waals surface area contributed by atoms with E-state index in [2.05, 4.69) is 24.0 Å². The van der Waals surface area contributed by atoms with Crippen molar-refractivity contribution in [2.24, 2.45) is 0 Å². The first kappa shape index (κ1) is 21.5. The minimum absolute atomic E-state index is 0.131. The normalized spacial score (nSPS) is 12.2. The third-order valence-electron chi connectivity index (χ3n) is 4.11. The highest BCUT2D eigenvalue weighted by Crippen LogP contribution is 2.28. The molecule has 0 saturated carbocycles. The molecule has 0 N–H and O–H groups in total. The van der Waals surface area contributed by atoms with Gasteiger partial charge in [0.1, 0.15) is 5.75 Å². The molecule has 0 fully saturated rings. The van der Waals surface area contributed by atoms with Crippen LogP contribution in [0.1, 0.15) is 38.7 Å². The maximum absolute atomic E-state index is 13.9. The predicted octanol–water partition coefficient (Wildman–Crippen LogP) is 5.96. The van der Waals surface area contributed by atoms with Gasteiger partial charge in [-0.1, -0.05) is 35.5 Å². The van der Waals surface area contributed by atoms with Crippen molar-refractivity contribution in [2.75, 3.05) is 12.4 Å². The highest BCUT2D eigenvalue weighted by Gasteiger charge is 2.22. The first-order valence-electron chi connectivity index (χ1n) is 9.33. The van der Waals surface area contributed by atoms with Crippen molar-refractivity contribution in [2.45, 2.75) is 38.1 Å². The second kappa shape index (κ2) is 9.98. The first-order valence-corrected chi connectivity index (χ1v) is 10.7. The Bertz CT molecular complexity index is 934. The van der Waals surface area contributed by atoms with E-state index in [0.29, 0.717) is 23.2 Å². The molecule has 3 aromatic rings. The summed E-state index contributed by atoms with van der Waals surface area (Å²) in [5.74, 6) is 1.93. The van der Waals surface area contributed by atoms with Gasteiger partial charge in [-0.15, -0.1) is 10.2 Å². The average Bonchev–Trinajstić information content (AvgIpc) is 3.13. The van der Waals surface area contributed by atoms with Gasteiger partial charge in [-0.05, 0) is 57.2 Å². The molecule has 2 aromatic carbocycles. The van der Waals surface area contributed by atoms with Crippen LogP contribution in [0.5, 0.6) is 11.5 Å². The van der Waals surface area contributed by atoms with Crippen LogP contribution in [0.3, 0.4) is 0 Å². The number of rotatable bonds is 9. The van der Waals surface area contributed by atoms with Crippen molar-refractivity contribution in [3.05, 3.63) is 65.2 Å². The molecular formula is C21H23ClFN3O2S. The van der Waals surface area contributed by atoms with Crippen LogP contribution in [0.15, 0.2) is 53.7 Å². The van der Waals surface area contributed by atoms with E-state index in [1.165, 1.54) is 6.07 Å². The van der Waals surface area contributed by atoms with E-state index in [9.17, 15) is 4.39 Å². The monoisotopic (exact) mass is 435 g/mol. The number of nitrogens with zero attached hydrogens (tertiary/aromatic N) is 3. The Labute approximate surface area is 179 Å². The van der Waals surface area contributed by atoms with Crippen LogP contribution in [0.2, 0.25) is 5.02 Å². The van der Waals surface area contributed by atoms with Gasteiger partial charge in [-0.25, -0.2) is 4.39 Å². The lowest BCUT2D eigenvalue weighted by molar-refractivity contribution is 0.198. The zero-order valence-corrected chi connectivity index (χ0v) is 18.1. The van der Waals surface area contributed by atoms with Gasteiger partial charge >= 0.3 is 0 Å². The minimum Gasteiger partial charge on any atom is -0.493 e. The Hall–Kier alpha value is -2.25. The van der Waals surface area contributed by atoms with Crippen LogP contribution in [0.25, 0.3) is 0 Å². The highest BCUT2D eigenvalue weighted by atomic mass is 35.5. The van der Waals surface area contributed by atoms with Crippen LogP contribution in [0.4, 0.5) is 4.39 Å². The molecule has 154 valence electrons. The molecule has 0 spiro atoms. The zero-order valence-electron chi connectivity index (χ0n) is 16.5. The standard InChI is InChI=1S/C21H23ClFN3O2S/c1-14(2)26-20(15(3)28-19-7-5-4-6-18(19)23)24-25-21(26)29-13-12-27-17-10-8-16(22)9-11-17/h4-11,14-15H,12-13H2,1-3H3. The van der Waals surface area contributed by atoms with E-state index in [-0.39, 0.29) is 11.8 Å². The van der Waals surface area contributed by atoms with E-state index >= 15 is 0 Å². The van der Waals surface area contributed by atoms with E-state index < -0.39 is 11.9 Å². The van der Waals surface area contributed by atoms with Crippen LogP contribution in [-0.4, -0.2) is 27.1 Å². The molecule has 0 saturated heterocycles. The van der Waals surface area contributed by atoms with Crippen molar-refractivity contribution in [1.82, 2.24) is 14.8 Å². The summed E-state index contributed by atoms with van der Waals surface area (Å²) in [7, 11) is 0. The minimum atomic E-state index is -0.443. The molecule has 0 aliphatic carbocycles. The Balaban J connectivity index is 1.63. The molecule has 1 atom stereocenters. The Morgan fingerprint density at radius 2 is 1.79 bits per heavy atom. The number of para-hydroxylation sites is 1. The summed E-state index contributed by atoms with van der Waals surface area (Å²) >= 11 is 7.43. The van der Waals surface area contributed by atoms with E-state index in [4.69, 9.17) is 21.1 Å². The summed E-state index contributed by atoms with van der Waals surface area (Å²) in [5, 5.41) is 10.1. The molecule has 0 amide bonds. The van der Waals surface area contributed by atoms with E-state index in [0.717, 1.165) is 10.9 Å². The molecule has 29 heavy (non-hydrogen) atoms. The van der Waals surface area contributed by atoms with Gasteiger partial charge in [0.15, 0.2) is 28.7 Å². The van der Waals surface area contributed by atoms with E-state index in [1.807, 2.05) is 23.6 Å². The largest absolute Gasteiger partial charge is 0.493 e. The van der Waals surface area contributed by atoms with Crippen LogP contribution < -0.4 is 9.47 Å². The Kier molecular flexibility index (Phi) is 7.39. The molecule has 8 heteroatoms. The number of ether oxygens (including phenoxy) is 2. The molecule has 0 aliphatic heterocycles. The van der Waals surface area contributed by atoms with Crippen molar-refractivity contribution in [3.8, 4) is 11.5 Å². The zero-order chi connectivity index (χ0) is 20.8. The van der Waals surface area contributed by atoms with Gasteiger partial charge in [0, 0.05) is 16.8 Å². The van der Waals surface area contributed by atoms with Crippen LogP contribution in [0, 0.1) is 5.82 Å². The Morgan fingerprint density at radius 3 is 2.48 bits per heavy atom. The van der Waals surface area contributed by atoms with Crippen molar-refractivity contribution >= 4 is 23.4 Å². The van der Waals surface area contributed by atoms with Gasteiger partial charge in [0.2, 0.25) is 0 Å². The first-order chi connectivity index (χ1) is 14.0. The number of thioether (sulfide) groups is 1. The summed E-state index contributed by atoms with van der Waals surface area (Å²) < 4.78 is 27.4. The highest BCUT2D eigenvalue weighted by molar-refractivity contribution is 7.99. The smallest absolute Gasteiger partial charge is 0.191 e. The molecular weight excluding hydrogens is 413 g/mol. The maximum atomic E-state index is 13.9. The average molecular weight is 436 g/mol. The third kappa shape index (κ3) is 5.64. The summed E-state index contributed by atoms with van der Waals surface area (Å²) in [5.41, 5.74) is 0. The second-order valence-corrected chi connectivity index (χ2v) is 8.14. The lowest BCUT2D eigenvalue weighted by atomic mass is 10.3. The molecule has 0 radical (unpaired) electrons. The topological polar surface area (TPSA) is 49.2 Å². The lowest BCUT2D eigenvalue weighted by Crippen LogP contribution is -2.15. The van der Waals surface area contributed by atoms with Gasteiger partial charge in [-0.2, -0.15) is 0 Å². The fourth-order valence-electron chi connectivity index (χ4n) is 2.76. The third-order valence-corrected chi connectivity index (χ3v) is 5.27. The van der Waals surface area contributed by atoms with Crippen LogP contribution in [-0.2, 0) is 0 Å². The summed E-state index contributed by atoms with van der Waals surface area (Å²) in [4.78, 5) is 0.